The number of benzene rings is 1. The Hall–Kier alpha value is -0.970. The maximum absolute atomic E-state index is 13.8. The van der Waals surface area contributed by atoms with Crippen LogP contribution in [0.4, 0.5) is 4.39 Å². The zero-order valence-electron chi connectivity index (χ0n) is 10.3. The van der Waals surface area contributed by atoms with E-state index in [0.29, 0.717) is 18.0 Å². The van der Waals surface area contributed by atoms with Crippen LogP contribution in [0.5, 0.6) is 0 Å². The number of nitrogens with zero attached hydrogens (tertiary/aromatic N) is 1. The Morgan fingerprint density at radius 2 is 2.26 bits per heavy atom. The number of hydrogen-bond acceptors (Lipinski definition) is 3. The Kier molecular flexibility index (Phi) is 3.82. The zero-order valence-corrected chi connectivity index (χ0v) is 11.9. The Morgan fingerprint density at radius 1 is 1.42 bits per heavy atom. The summed E-state index contributed by atoms with van der Waals surface area (Å²) in [5.41, 5.74) is 0.601. The lowest BCUT2D eigenvalue weighted by molar-refractivity contribution is 0.614. The first-order valence-corrected chi connectivity index (χ1v) is 7.51. The first-order chi connectivity index (χ1) is 9.22. The Labute approximate surface area is 120 Å². The van der Waals surface area contributed by atoms with Gasteiger partial charge in [0.2, 0.25) is 0 Å². The number of halogens is 2. The van der Waals surface area contributed by atoms with Gasteiger partial charge in [-0.05, 0) is 24.5 Å². The van der Waals surface area contributed by atoms with Gasteiger partial charge in [0, 0.05) is 30.1 Å². The summed E-state index contributed by atoms with van der Waals surface area (Å²) in [6.45, 7) is 0.861. The summed E-state index contributed by atoms with van der Waals surface area (Å²) in [5, 5.41) is 4.54. The van der Waals surface area contributed by atoms with Crippen molar-refractivity contribution in [3.63, 3.8) is 0 Å². The second-order valence-corrected chi connectivity index (χ2v) is 6.37. The molecule has 2 nitrogen and oxygen atoms in total. The molecule has 100 valence electrons. The monoisotopic (exact) mass is 296 g/mol. The van der Waals surface area contributed by atoms with Gasteiger partial charge in [-0.3, -0.25) is 0 Å². The van der Waals surface area contributed by atoms with Crippen molar-refractivity contribution in [1.29, 1.82) is 0 Å². The Morgan fingerprint density at radius 3 is 3.05 bits per heavy atom. The molecule has 0 spiro atoms. The molecule has 3 rings (SSSR count). The molecule has 1 aromatic heterocycles. The number of rotatable bonds is 5. The van der Waals surface area contributed by atoms with Crippen LogP contribution in [0.2, 0.25) is 5.02 Å². The van der Waals surface area contributed by atoms with Crippen molar-refractivity contribution in [1.82, 2.24) is 10.3 Å². The van der Waals surface area contributed by atoms with E-state index < -0.39 is 0 Å². The van der Waals surface area contributed by atoms with E-state index in [9.17, 15) is 4.39 Å². The van der Waals surface area contributed by atoms with Gasteiger partial charge in [-0.25, -0.2) is 9.37 Å². The topological polar surface area (TPSA) is 24.9 Å². The normalized spacial score (nSPS) is 14.8. The van der Waals surface area contributed by atoms with E-state index in [-0.39, 0.29) is 10.8 Å². The highest BCUT2D eigenvalue weighted by Crippen LogP contribution is 2.24. The summed E-state index contributed by atoms with van der Waals surface area (Å²) in [5.74, 6) is -0.336. The highest BCUT2D eigenvalue weighted by atomic mass is 35.5. The third-order valence-corrected chi connectivity index (χ3v) is 4.41. The van der Waals surface area contributed by atoms with Crippen molar-refractivity contribution in [2.75, 3.05) is 0 Å². The number of hydrogen-bond donors (Lipinski definition) is 1. The molecule has 0 bridgehead atoms. The van der Waals surface area contributed by atoms with E-state index in [4.69, 9.17) is 11.6 Å². The highest BCUT2D eigenvalue weighted by Gasteiger charge is 2.20. The molecule has 0 unspecified atom stereocenters. The van der Waals surface area contributed by atoms with E-state index in [1.807, 2.05) is 6.20 Å². The molecule has 0 amide bonds. The van der Waals surface area contributed by atoms with Gasteiger partial charge in [0.15, 0.2) is 0 Å². The van der Waals surface area contributed by atoms with Crippen molar-refractivity contribution < 1.29 is 4.39 Å². The fraction of sp³-hybridized carbons (Fsp3) is 0.357. The Bertz CT molecular complexity index is 581. The molecule has 5 heteroatoms. The smallest absolute Gasteiger partial charge is 0.145 e. The van der Waals surface area contributed by atoms with E-state index in [0.717, 1.165) is 11.6 Å². The number of aromatic nitrogens is 1. The predicted octanol–water partition coefficient (Wildman–Crippen LogP) is 3.78. The van der Waals surface area contributed by atoms with Gasteiger partial charge in [-0.15, -0.1) is 11.3 Å². The quantitative estimate of drug-likeness (QED) is 0.908. The van der Waals surface area contributed by atoms with E-state index in [1.165, 1.54) is 17.7 Å². The highest BCUT2D eigenvalue weighted by molar-refractivity contribution is 7.11. The first kappa shape index (κ1) is 13.0. The van der Waals surface area contributed by atoms with Crippen molar-refractivity contribution in [3.8, 4) is 0 Å². The Balaban J connectivity index is 1.67. The lowest BCUT2D eigenvalue weighted by atomic mass is 10.1. The summed E-state index contributed by atoms with van der Waals surface area (Å²) in [4.78, 5) is 5.55. The van der Waals surface area contributed by atoms with E-state index in [1.54, 1.807) is 29.5 Å². The van der Waals surface area contributed by atoms with Gasteiger partial charge in [0.1, 0.15) is 5.82 Å². The maximum atomic E-state index is 13.8. The standard InChI is InChI=1S/C14H14ClFN2S/c15-12-3-1-2-9(14(12)16)6-13-18-8-11(19-13)7-17-10-4-5-10/h1-3,8,10,17H,4-7H2. The third kappa shape index (κ3) is 3.32. The molecule has 0 atom stereocenters. The van der Waals surface area contributed by atoms with Gasteiger partial charge in [-0.1, -0.05) is 23.7 Å². The molecule has 2 aromatic rings. The average Bonchev–Trinajstić information content (AvgIpc) is 3.13. The summed E-state index contributed by atoms with van der Waals surface area (Å²) >= 11 is 7.40. The minimum Gasteiger partial charge on any atom is -0.309 e. The van der Waals surface area contributed by atoms with Crippen LogP contribution in [-0.4, -0.2) is 11.0 Å². The predicted molar refractivity (Wildman–Crippen MR) is 76.2 cm³/mol. The van der Waals surface area contributed by atoms with Crippen molar-refractivity contribution in [2.45, 2.75) is 31.8 Å². The molecule has 1 aliphatic rings. The van der Waals surface area contributed by atoms with Crippen LogP contribution in [0, 0.1) is 5.82 Å². The minimum absolute atomic E-state index is 0.171. The van der Waals surface area contributed by atoms with E-state index in [2.05, 4.69) is 10.3 Å². The fourth-order valence-corrected chi connectivity index (χ4v) is 2.98. The van der Waals surface area contributed by atoms with Crippen LogP contribution in [0.25, 0.3) is 0 Å². The lowest BCUT2D eigenvalue weighted by Gasteiger charge is -2.01. The molecule has 1 aromatic carbocycles. The molecule has 1 heterocycles. The van der Waals surface area contributed by atoms with Crippen LogP contribution in [0.3, 0.4) is 0 Å². The molecular formula is C14H14ClFN2S. The zero-order chi connectivity index (χ0) is 13.2. The van der Waals surface area contributed by atoms with Crippen LogP contribution in [0.1, 0.15) is 28.3 Å². The molecular weight excluding hydrogens is 283 g/mol. The second-order valence-electron chi connectivity index (χ2n) is 4.77. The summed E-state index contributed by atoms with van der Waals surface area (Å²) < 4.78 is 13.8. The van der Waals surface area contributed by atoms with Crippen molar-refractivity contribution in [3.05, 3.63) is 50.7 Å². The molecule has 0 aliphatic heterocycles. The first-order valence-electron chi connectivity index (χ1n) is 6.32. The van der Waals surface area contributed by atoms with Crippen LogP contribution < -0.4 is 5.32 Å². The van der Waals surface area contributed by atoms with Gasteiger partial charge in [0.05, 0.1) is 10.0 Å². The van der Waals surface area contributed by atoms with Gasteiger partial charge in [-0.2, -0.15) is 0 Å². The number of thiazole rings is 1. The van der Waals surface area contributed by atoms with Gasteiger partial charge >= 0.3 is 0 Å². The summed E-state index contributed by atoms with van der Waals surface area (Å²) in [7, 11) is 0. The third-order valence-electron chi connectivity index (χ3n) is 3.12. The van der Waals surface area contributed by atoms with E-state index >= 15 is 0 Å². The largest absolute Gasteiger partial charge is 0.309 e. The number of nitrogens with one attached hydrogen (secondary N) is 1. The molecule has 1 fully saturated rings. The summed E-state index contributed by atoms with van der Waals surface area (Å²) in [6, 6.07) is 5.78. The van der Waals surface area contributed by atoms with Crippen LogP contribution in [-0.2, 0) is 13.0 Å². The van der Waals surface area contributed by atoms with Crippen molar-refractivity contribution >= 4 is 22.9 Å². The van der Waals surface area contributed by atoms with Gasteiger partial charge in [0.25, 0.3) is 0 Å². The average molecular weight is 297 g/mol. The molecule has 1 saturated carbocycles. The molecule has 0 saturated heterocycles. The summed E-state index contributed by atoms with van der Waals surface area (Å²) in [6.07, 6.45) is 4.93. The van der Waals surface area contributed by atoms with Crippen LogP contribution in [0.15, 0.2) is 24.4 Å². The SMILES string of the molecule is Fc1c(Cl)cccc1Cc1ncc(CNC2CC2)s1. The fourth-order valence-electron chi connectivity index (χ4n) is 1.89. The van der Waals surface area contributed by atoms with Crippen LogP contribution >= 0.6 is 22.9 Å². The maximum Gasteiger partial charge on any atom is 0.145 e. The van der Waals surface area contributed by atoms with Gasteiger partial charge < -0.3 is 5.32 Å². The lowest BCUT2D eigenvalue weighted by Crippen LogP contribution is -2.14. The minimum atomic E-state index is -0.336. The molecule has 19 heavy (non-hydrogen) atoms. The van der Waals surface area contributed by atoms with Crippen molar-refractivity contribution in [2.24, 2.45) is 0 Å². The molecule has 1 aliphatic carbocycles. The molecule has 1 N–H and O–H groups in total. The molecule has 0 radical (unpaired) electrons. The second kappa shape index (κ2) is 5.57.